The topological polar surface area (TPSA) is 73.3 Å². The molecule has 0 bridgehead atoms. The minimum absolute atomic E-state index is 0. The van der Waals surface area contributed by atoms with Crippen LogP contribution < -0.4 is 20.1 Å². The van der Waals surface area contributed by atoms with E-state index in [-0.39, 0.29) is 24.0 Å². The fourth-order valence-electron chi connectivity index (χ4n) is 3.21. The van der Waals surface area contributed by atoms with Crippen LogP contribution in [0.5, 0.6) is 11.5 Å². The molecule has 29 heavy (non-hydrogen) atoms. The molecule has 1 saturated heterocycles. The molecule has 7 nitrogen and oxygen atoms in total. The Morgan fingerprint density at radius 1 is 1.14 bits per heavy atom. The molecule has 0 amide bonds. The number of benzene rings is 1. The molecule has 164 valence electrons. The minimum Gasteiger partial charge on any atom is -0.490 e. The number of hydrogen-bond acceptors (Lipinski definition) is 5. The van der Waals surface area contributed by atoms with Gasteiger partial charge in [0.15, 0.2) is 17.5 Å². The number of aliphatic imine (C=N–C) groups is 1. The standard InChI is InChI=1S/C21H33N3O4.HI/c1-2-22-21(23-9-3-10-26-16-17-7-13-25-14-8-17)24-18-5-6-19-20(15-18)28-12-4-11-27-19;/h5-6,15,17H,2-4,7-14,16H2,1H3,(H2,22,23,24);1H. The van der Waals surface area contributed by atoms with Crippen molar-refractivity contribution in [2.75, 3.05) is 58.0 Å². The lowest BCUT2D eigenvalue weighted by Crippen LogP contribution is -2.30. The highest BCUT2D eigenvalue weighted by atomic mass is 127. The van der Waals surface area contributed by atoms with E-state index in [9.17, 15) is 0 Å². The van der Waals surface area contributed by atoms with Crippen molar-refractivity contribution in [1.82, 2.24) is 5.32 Å². The van der Waals surface area contributed by atoms with Gasteiger partial charge in [0.05, 0.1) is 13.2 Å². The molecule has 0 aliphatic carbocycles. The number of nitrogens with zero attached hydrogens (tertiary/aromatic N) is 1. The van der Waals surface area contributed by atoms with Crippen molar-refractivity contribution in [3.05, 3.63) is 18.2 Å². The maximum absolute atomic E-state index is 5.81. The summed E-state index contributed by atoms with van der Waals surface area (Å²) in [6.07, 6.45) is 4.03. The number of guanidine groups is 1. The third-order valence-electron chi connectivity index (χ3n) is 4.77. The van der Waals surface area contributed by atoms with Crippen molar-refractivity contribution in [2.45, 2.75) is 32.6 Å². The fourth-order valence-corrected chi connectivity index (χ4v) is 3.21. The molecule has 2 N–H and O–H groups in total. The molecule has 2 aliphatic rings. The smallest absolute Gasteiger partial charge is 0.195 e. The van der Waals surface area contributed by atoms with Crippen LogP contribution in [0.1, 0.15) is 32.6 Å². The van der Waals surface area contributed by atoms with E-state index in [0.717, 1.165) is 81.8 Å². The van der Waals surface area contributed by atoms with Gasteiger partial charge in [-0.05, 0) is 44.2 Å². The highest BCUT2D eigenvalue weighted by molar-refractivity contribution is 14.0. The van der Waals surface area contributed by atoms with Gasteiger partial charge in [0.1, 0.15) is 0 Å². The maximum atomic E-state index is 5.81. The van der Waals surface area contributed by atoms with Crippen LogP contribution in [0.15, 0.2) is 23.2 Å². The minimum atomic E-state index is 0. The molecule has 1 fully saturated rings. The molecule has 0 aromatic heterocycles. The molecule has 0 radical (unpaired) electrons. The van der Waals surface area contributed by atoms with Gasteiger partial charge >= 0.3 is 0 Å². The van der Waals surface area contributed by atoms with Crippen LogP contribution in [0.25, 0.3) is 0 Å². The van der Waals surface area contributed by atoms with Crippen LogP contribution in [-0.2, 0) is 9.47 Å². The zero-order valence-electron chi connectivity index (χ0n) is 17.3. The predicted molar refractivity (Wildman–Crippen MR) is 126 cm³/mol. The van der Waals surface area contributed by atoms with Gasteiger partial charge in [0.25, 0.3) is 0 Å². The van der Waals surface area contributed by atoms with Gasteiger partial charge < -0.3 is 29.6 Å². The largest absolute Gasteiger partial charge is 0.490 e. The van der Waals surface area contributed by atoms with E-state index in [1.165, 1.54) is 0 Å². The van der Waals surface area contributed by atoms with Crippen LogP contribution in [0.4, 0.5) is 5.69 Å². The lowest BCUT2D eigenvalue weighted by molar-refractivity contribution is 0.0205. The normalized spacial score (nSPS) is 17.2. The van der Waals surface area contributed by atoms with Crippen molar-refractivity contribution in [3.8, 4) is 11.5 Å². The number of anilines is 1. The van der Waals surface area contributed by atoms with E-state index in [0.29, 0.717) is 25.7 Å². The first-order valence-corrected chi connectivity index (χ1v) is 10.5. The van der Waals surface area contributed by atoms with Crippen LogP contribution in [0.3, 0.4) is 0 Å². The highest BCUT2D eigenvalue weighted by Crippen LogP contribution is 2.32. The third kappa shape index (κ3) is 8.55. The van der Waals surface area contributed by atoms with E-state index in [1.807, 2.05) is 18.2 Å². The SMILES string of the molecule is CCNC(=NCCCOCC1CCOCC1)Nc1ccc2c(c1)OCCCO2.I. The molecule has 0 unspecified atom stereocenters. The summed E-state index contributed by atoms with van der Waals surface area (Å²) in [5.74, 6) is 2.99. The summed E-state index contributed by atoms with van der Waals surface area (Å²) >= 11 is 0. The van der Waals surface area contributed by atoms with Crippen LogP contribution in [0, 0.1) is 5.92 Å². The molecule has 3 rings (SSSR count). The van der Waals surface area contributed by atoms with Crippen LogP contribution in [-0.4, -0.2) is 58.7 Å². The van der Waals surface area contributed by atoms with Crippen molar-refractivity contribution < 1.29 is 18.9 Å². The molecule has 0 spiro atoms. The van der Waals surface area contributed by atoms with E-state index < -0.39 is 0 Å². The van der Waals surface area contributed by atoms with E-state index in [2.05, 4.69) is 22.5 Å². The average molecular weight is 519 g/mol. The quantitative estimate of drug-likeness (QED) is 0.236. The number of halogens is 1. The molecular weight excluding hydrogens is 485 g/mol. The van der Waals surface area contributed by atoms with E-state index in [1.54, 1.807) is 0 Å². The van der Waals surface area contributed by atoms with Crippen molar-refractivity contribution in [1.29, 1.82) is 0 Å². The van der Waals surface area contributed by atoms with Crippen LogP contribution >= 0.6 is 24.0 Å². The molecule has 8 heteroatoms. The Hall–Kier alpha value is -1.26. The number of hydrogen-bond donors (Lipinski definition) is 2. The molecule has 1 aromatic rings. The summed E-state index contributed by atoms with van der Waals surface area (Å²) in [6.45, 7) is 8.27. The molecule has 0 atom stereocenters. The van der Waals surface area contributed by atoms with Crippen molar-refractivity contribution in [3.63, 3.8) is 0 Å². The summed E-state index contributed by atoms with van der Waals surface area (Å²) < 4.78 is 22.6. The Labute approximate surface area is 190 Å². The number of ether oxygens (including phenoxy) is 4. The van der Waals surface area contributed by atoms with E-state index >= 15 is 0 Å². The molecular formula is C21H34IN3O4. The lowest BCUT2D eigenvalue weighted by Gasteiger charge is -2.21. The van der Waals surface area contributed by atoms with Gasteiger partial charge in [-0.25, -0.2) is 0 Å². The zero-order chi connectivity index (χ0) is 19.4. The van der Waals surface area contributed by atoms with E-state index in [4.69, 9.17) is 18.9 Å². The third-order valence-corrected chi connectivity index (χ3v) is 4.77. The second kappa shape index (κ2) is 13.9. The summed E-state index contributed by atoms with van der Waals surface area (Å²) in [5.41, 5.74) is 0.930. The monoisotopic (exact) mass is 519 g/mol. The Kier molecular flexibility index (Phi) is 11.5. The lowest BCUT2D eigenvalue weighted by atomic mass is 10.0. The Morgan fingerprint density at radius 2 is 1.93 bits per heavy atom. The van der Waals surface area contributed by atoms with Gasteiger partial charge in [-0.3, -0.25) is 4.99 Å². The molecule has 0 saturated carbocycles. The average Bonchev–Trinajstić information content (AvgIpc) is 2.96. The van der Waals surface area contributed by atoms with Gasteiger partial charge in [0, 0.05) is 57.7 Å². The Morgan fingerprint density at radius 3 is 2.72 bits per heavy atom. The first-order valence-electron chi connectivity index (χ1n) is 10.5. The maximum Gasteiger partial charge on any atom is 0.195 e. The van der Waals surface area contributed by atoms with Gasteiger partial charge in [-0.2, -0.15) is 0 Å². The van der Waals surface area contributed by atoms with Crippen molar-refractivity contribution in [2.24, 2.45) is 10.9 Å². The fraction of sp³-hybridized carbons (Fsp3) is 0.667. The highest BCUT2D eigenvalue weighted by Gasteiger charge is 2.13. The first-order chi connectivity index (χ1) is 13.8. The Balaban J connectivity index is 0.00000300. The molecule has 1 aromatic carbocycles. The van der Waals surface area contributed by atoms with Crippen LogP contribution in [0.2, 0.25) is 0 Å². The van der Waals surface area contributed by atoms with Gasteiger partial charge in [0.2, 0.25) is 0 Å². The second-order valence-electron chi connectivity index (χ2n) is 7.08. The summed E-state index contributed by atoms with van der Waals surface area (Å²) in [7, 11) is 0. The number of rotatable bonds is 8. The molecule has 2 heterocycles. The predicted octanol–water partition coefficient (Wildman–Crippen LogP) is 3.68. The number of fused-ring (bicyclic) bond motifs is 1. The van der Waals surface area contributed by atoms with Gasteiger partial charge in [-0.1, -0.05) is 0 Å². The summed E-state index contributed by atoms with van der Waals surface area (Å²) in [4.78, 5) is 4.65. The Bertz CT molecular complexity index is 624. The first kappa shape index (κ1) is 24.0. The molecule has 2 aliphatic heterocycles. The summed E-state index contributed by atoms with van der Waals surface area (Å²) in [6, 6.07) is 5.89. The van der Waals surface area contributed by atoms with Gasteiger partial charge in [-0.15, -0.1) is 24.0 Å². The second-order valence-corrected chi connectivity index (χ2v) is 7.08. The van der Waals surface area contributed by atoms with Crippen molar-refractivity contribution >= 4 is 35.6 Å². The zero-order valence-corrected chi connectivity index (χ0v) is 19.6. The number of nitrogens with one attached hydrogen (secondary N) is 2. The summed E-state index contributed by atoms with van der Waals surface area (Å²) in [5, 5.41) is 6.62.